The first-order chi connectivity index (χ1) is 16.9. The van der Waals surface area contributed by atoms with E-state index in [1.54, 1.807) is 28.8 Å². The minimum absolute atomic E-state index is 0.0191. The summed E-state index contributed by atoms with van der Waals surface area (Å²) in [5.74, 6) is -1.70. The van der Waals surface area contributed by atoms with E-state index in [9.17, 15) is 19.5 Å². The van der Waals surface area contributed by atoms with Gasteiger partial charge in [0, 0.05) is 17.8 Å². The fraction of sp³-hybridized carbons (Fsp3) is 0.741. The largest absolute Gasteiger partial charge is 0.465 e. The zero-order valence-electron chi connectivity index (χ0n) is 20.9. The van der Waals surface area contributed by atoms with E-state index in [2.05, 4.69) is 13.2 Å². The number of likely N-dealkylation sites (tertiary alicyclic amines) is 1. The third-order valence-corrected chi connectivity index (χ3v) is 10.5. The van der Waals surface area contributed by atoms with Gasteiger partial charge in [-0.15, -0.1) is 24.9 Å². The lowest BCUT2D eigenvalue weighted by Gasteiger charge is -2.42. The number of rotatable bonds is 11. The van der Waals surface area contributed by atoms with E-state index >= 15 is 0 Å². The van der Waals surface area contributed by atoms with Crippen molar-refractivity contribution in [3.8, 4) is 0 Å². The molecule has 2 unspecified atom stereocenters. The maximum absolute atomic E-state index is 14.4. The second-order valence-corrected chi connectivity index (χ2v) is 12.0. The van der Waals surface area contributed by atoms with Crippen molar-refractivity contribution in [2.45, 2.75) is 92.8 Å². The fourth-order valence-corrected chi connectivity index (χ4v) is 9.08. The third-order valence-electron chi connectivity index (χ3n) is 8.51. The van der Waals surface area contributed by atoms with E-state index in [0.717, 1.165) is 38.5 Å². The molecule has 1 saturated carbocycles. The molecule has 4 aliphatic rings. The van der Waals surface area contributed by atoms with Crippen molar-refractivity contribution < 1.29 is 24.2 Å². The Balaban J connectivity index is 1.71. The van der Waals surface area contributed by atoms with Gasteiger partial charge < -0.3 is 19.6 Å². The molecule has 7 nitrogen and oxygen atoms in total. The molecule has 8 heteroatoms. The molecule has 0 aromatic rings. The minimum Gasteiger partial charge on any atom is -0.465 e. The van der Waals surface area contributed by atoms with Crippen LogP contribution in [0.5, 0.6) is 0 Å². The number of aliphatic hydroxyl groups is 1. The molecular formula is C27H40N2O5S. The maximum Gasteiger partial charge on any atom is 0.310 e. The van der Waals surface area contributed by atoms with Gasteiger partial charge >= 0.3 is 5.97 Å². The number of carbonyl (C=O) groups is 3. The van der Waals surface area contributed by atoms with Gasteiger partial charge in [0.05, 0.1) is 35.8 Å². The lowest BCUT2D eigenvalue weighted by Crippen LogP contribution is -2.59. The van der Waals surface area contributed by atoms with Crippen LogP contribution >= 0.6 is 11.8 Å². The Hall–Kier alpha value is -1.80. The van der Waals surface area contributed by atoms with E-state index in [-0.39, 0.29) is 42.3 Å². The topological polar surface area (TPSA) is 87.2 Å². The molecule has 2 bridgehead atoms. The highest BCUT2D eigenvalue weighted by atomic mass is 32.2. The number of esters is 1. The van der Waals surface area contributed by atoms with Gasteiger partial charge in [0.15, 0.2) is 0 Å². The van der Waals surface area contributed by atoms with Crippen LogP contribution in [0.25, 0.3) is 0 Å². The van der Waals surface area contributed by atoms with Gasteiger partial charge in [-0.1, -0.05) is 38.3 Å². The number of ether oxygens (including phenoxy) is 1. The number of aliphatic hydroxyl groups excluding tert-OH is 1. The van der Waals surface area contributed by atoms with Gasteiger partial charge in [-0.05, 0) is 38.5 Å². The van der Waals surface area contributed by atoms with Gasteiger partial charge in [-0.3, -0.25) is 14.4 Å². The smallest absolute Gasteiger partial charge is 0.310 e. The monoisotopic (exact) mass is 504 g/mol. The Bertz CT molecular complexity index is 839. The summed E-state index contributed by atoms with van der Waals surface area (Å²) < 4.78 is 4.89. The van der Waals surface area contributed by atoms with Crippen molar-refractivity contribution in [1.29, 1.82) is 0 Å². The summed E-state index contributed by atoms with van der Waals surface area (Å²) in [5.41, 5.74) is 0. The summed E-state index contributed by atoms with van der Waals surface area (Å²) in [4.78, 5) is 45.2. The number of fused-ring (bicyclic) bond motifs is 1. The zero-order chi connectivity index (χ0) is 25.2. The molecule has 1 aliphatic carbocycles. The van der Waals surface area contributed by atoms with Crippen LogP contribution in [-0.2, 0) is 19.1 Å². The molecule has 3 aliphatic heterocycles. The highest BCUT2D eigenvalue weighted by Gasteiger charge is 2.74. The van der Waals surface area contributed by atoms with E-state index in [4.69, 9.17) is 4.74 Å². The summed E-state index contributed by atoms with van der Waals surface area (Å²) >= 11 is 1.65. The minimum atomic E-state index is -0.681. The lowest BCUT2D eigenvalue weighted by molar-refractivity contribution is -0.154. The van der Waals surface area contributed by atoms with Gasteiger partial charge in [-0.2, -0.15) is 0 Å². The number of hydrogen-bond donors (Lipinski definition) is 1. The van der Waals surface area contributed by atoms with Crippen molar-refractivity contribution >= 4 is 29.5 Å². The summed E-state index contributed by atoms with van der Waals surface area (Å²) in [7, 11) is 0. The van der Waals surface area contributed by atoms with Gasteiger partial charge in [-0.25, -0.2) is 0 Å². The number of hydrogen-bond acceptors (Lipinski definition) is 6. The normalized spacial score (nSPS) is 32.9. The Kier molecular flexibility index (Phi) is 8.31. The molecule has 2 amide bonds. The second-order valence-electron chi connectivity index (χ2n) is 10.4. The summed E-state index contributed by atoms with van der Waals surface area (Å²) in [5, 5.41) is 10.2. The van der Waals surface area contributed by atoms with Crippen LogP contribution in [-0.4, -0.2) is 80.6 Å². The summed E-state index contributed by atoms with van der Waals surface area (Å²) in [6.07, 6.45) is 11.4. The standard InChI is InChI=1S/C27H40N2O5S/c1-4-7-16-34-26(33)21-20-13-14-27(35-20)22(21)24(31)29(18(6-3)17-30)23(27)25(32)28(15-5-2)19-11-9-8-10-12-19/h4-5,18-23,30H,1-2,6-17H2,3H3/t18-,20-,21+,22-,23?,27?/m0/s1. The van der Waals surface area contributed by atoms with Crippen LogP contribution < -0.4 is 0 Å². The summed E-state index contributed by atoms with van der Waals surface area (Å²) in [6, 6.07) is -0.996. The van der Waals surface area contributed by atoms with Crippen molar-refractivity contribution in [1.82, 2.24) is 9.80 Å². The predicted octanol–water partition coefficient (Wildman–Crippen LogP) is 3.32. The number of amides is 2. The Morgan fingerprint density at radius 2 is 2.00 bits per heavy atom. The van der Waals surface area contributed by atoms with Crippen LogP contribution in [0.1, 0.15) is 64.7 Å². The molecule has 0 radical (unpaired) electrons. The Morgan fingerprint density at radius 3 is 2.63 bits per heavy atom. The lowest BCUT2D eigenvalue weighted by atomic mass is 9.71. The van der Waals surface area contributed by atoms with Crippen LogP contribution in [0.15, 0.2) is 25.3 Å². The van der Waals surface area contributed by atoms with Crippen molar-refractivity contribution in [3.63, 3.8) is 0 Å². The zero-order valence-corrected chi connectivity index (χ0v) is 21.7. The Labute approximate surface area is 213 Å². The first-order valence-electron chi connectivity index (χ1n) is 13.2. The molecule has 0 aromatic carbocycles. The molecule has 0 aromatic heterocycles. The molecule has 35 heavy (non-hydrogen) atoms. The molecule has 3 heterocycles. The third kappa shape index (κ3) is 4.45. The molecule has 4 fully saturated rings. The molecule has 194 valence electrons. The average molecular weight is 505 g/mol. The van der Waals surface area contributed by atoms with Gasteiger partial charge in [0.2, 0.25) is 11.8 Å². The van der Waals surface area contributed by atoms with Crippen molar-refractivity contribution in [3.05, 3.63) is 25.3 Å². The van der Waals surface area contributed by atoms with E-state index in [0.29, 0.717) is 19.4 Å². The van der Waals surface area contributed by atoms with Crippen LogP contribution in [0.4, 0.5) is 0 Å². The van der Waals surface area contributed by atoms with E-state index in [1.165, 1.54) is 6.42 Å². The molecule has 1 spiro atoms. The maximum atomic E-state index is 14.4. The first kappa shape index (κ1) is 26.3. The van der Waals surface area contributed by atoms with Crippen molar-refractivity contribution in [2.75, 3.05) is 19.8 Å². The molecule has 4 rings (SSSR count). The molecule has 6 atom stereocenters. The molecule has 3 saturated heterocycles. The number of carbonyl (C=O) groups excluding carboxylic acids is 3. The van der Waals surface area contributed by atoms with E-state index < -0.39 is 28.7 Å². The summed E-state index contributed by atoms with van der Waals surface area (Å²) in [6.45, 7) is 9.99. The van der Waals surface area contributed by atoms with Crippen LogP contribution in [0, 0.1) is 11.8 Å². The second kappa shape index (κ2) is 11.1. The highest BCUT2D eigenvalue weighted by molar-refractivity contribution is 8.02. The quantitative estimate of drug-likeness (QED) is 0.264. The highest BCUT2D eigenvalue weighted by Crippen LogP contribution is 2.67. The van der Waals surface area contributed by atoms with Crippen molar-refractivity contribution in [2.24, 2.45) is 11.8 Å². The Morgan fingerprint density at radius 1 is 1.26 bits per heavy atom. The number of nitrogens with zero attached hydrogens (tertiary/aromatic N) is 2. The molecule has 1 N–H and O–H groups in total. The van der Waals surface area contributed by atoms with E-state index in [1.807, 2.05) is 11.8 Å². The fourth-order valence-electron chi connectivity index (χ4n) is 6.89. The van der Waals surface area contributed by atoms with Gasteiger partial charge in [0.1, 0.15) is 6.04 Å². The average Bonchev–Trinajstić information content (AvgIpc) is 3.51. The predicted molar refractivity (Wildman–Crippen MR) is 137 cm³/mol. The van der Waals surface area contributed by atoms with Crippen LogP contribution in [0.3, 0.4) is 0 Å². The molecular weight excluding hydrogens is 464 g/mol. The number of thioether (sulfide) groups is 1. The van der Waals surface area contributed by atoms with Gasteiger partial charge in [0.25, 0.3) is 0 Å². The SMILES string of the molecule is C=CCCOC(=O)[C@@H]1[C@@H]2CCC3(S2)C(C(=O)N(CC=C)C2CCCCC2)N([C@@H](CC)CO)C(=O)[C@H]13. The first-order valence-corrected chi connectivity index (χ1v) is 14.1. The van der Waals surface area contributed by atoms with Crippen LogP contribution in [0.2, 0.25) is 0 Å².